The fourth-order valence-electron chi connectivity index (χ4n) is 2.87. The maximum atomic E-state index is 12.4. The zero-order valence-corrected chi connectivity index (χ0v) is 14.8. The van der Waals surface area contributed by atoms with E-state index in [1.165, 1.54) is 0 Å². The lowest BCUT2D eigenvalue weighted by atomic mass is 10.2. The van der Waals surface area contributed by atoms with Crippen molar-refractivity contribution in [2.24, 2.45) is 0 Å². The van der Waals surface area contributed by atoms with Crippen LogP contribution in [0.3, 0.4) is 0 Å². The van der Waals surface area contributed by atoms with E-state index in [4.69, 9.17) is 4.74 Å². The summed E-state index contributed by atoms with van der Waals surface area (Å²) in [6, 6.07) is 17.6. The number of ether oxygens (including phenoxy) is 1. The number of hydrogen-bond acceptors (Lipinski definition) is 3. The number of anilines is 1. The average molecular weight is 339 g/mol. The molecule has 0 bridgehead atoms. The SMILES string of the molecule is CC(C)N1CCN(C(=O)Nc2ccc(Oc3ccccc3)cc2)CC1. The quantitative estimate of drug-likeness (QED) is 0.914. The Morgan fingerprint density at radius 1 is 0.920 bits per heavy atom. The summed E-state index contributed by atoms with van der Waals surface area (Å²) in [7, 11) is 0. The molecule has 3 rings (SSSR count). The van der Waals surface area contributed by atoms with Gasteiger partial charge in [-0.1, -0.05) is 18.2 Å². The minimum atomic E-state index is -0.0415. The molecule has 2 aromatic carbocycles. The third kappa shape index (κ3) is 4.73. The summed E-state index contributed by atoms with van der Waals surface area (Å²) < 4.78 is 5.76. The van der Waals surface area contributed by atoms with Crippen LogP contribution in [0.5, 0.6) is 11.5 Å². The molecule has 25 heavy (non-hydrogen) atoms. The molecule has 132 valence electrons. The van der Waals surface area contributed by atoms with Gasteiger partial charge in [-0.3, -0.25) is 4.90 Å². The standard InChI is InChI=1S/C20H25N3O2/c1-16(2)22-12-14-23(15-13-22)20(24)21-17-8-10-19(11-9-17)25-18-6-4-3-5-7-18/h3-11,16H,12-15H2,1-2H3,(H,21,24). The van der Waals surface area contributed by atoms with Gasteiger partial charge in [0.1, 0.15) is 11.5 Å². The van der Waals surface area contributed by atoms with Crippen molar-refractivity contribution >= 4 is 11.7 Å². The second kappa shape index (κ2) is 8.03. The first-order valence-electron chi connectivity index (χ1n) is 8.75. The van der Waals surface area contributed by atoms with Crippen molar-refractivity contribution in [3.05, 3.63) is 54.6 Å². The van der Waals surface area contributed by atoms with E-state index in [9.17, 15) is 4.79 Å². The van der Waals surface area contributed by atoms with Gasteiger partial charge in [-0.2, -0.15) is 0 Å². The molecular weight excluding hydrogens is 314 g/mol. The van der Waals surface area contributed by atoms with Crippen LogP contribution in [0.2, 0.25) is 0 Å². The first kappa shape index (κ1) is 17.3. The smallest absolute Gasteiger partial charge is 0.321 e. The summed E-state index contributed by atoms with van der Waals surface area (Å²) in [6.45, 7) is 7.76. The monoisotopic (exact) mass is 339 g/mol. The van der Waals surface area contributed by atoms with Crippen LogP contribution in [-0.2, 0) is 0 Å². The number of rotatable bonds is 4. The average Bonchev–Trinajstić information content (AvgIpc) is 2.64. The Kier molecular flexibility index (Phi) is 5.56. The number of nitrogens with zero attached hydrogens (tertiary/aromatic N) is 2. The predicted molar refractivity (Wildman–Crippen MR) is 100 cm³/mol. The highest BCUT2D eigenvalue weighted by Crippen LogP contribution is 2.22. The molecule has 0 unspecified atom stereocenters. The summed E-state index contributed by atoms with van der Waals surface area (Å²) in [4.78, 5) is 16.6. The second-order valence-corrected chi connectivity index (χ2v) is 6.49. The van der Waals surface area contributed by atoms with Crippen LogP contribution in [0.1, 0.15) is 13.8 Å². The molecule has 1 saturated heterocycles. The first-order chi connectivity index (χ1) is 12.1. The van der Waals surface area contributed by atoms with Crippen LogP contribution in [0, 0.1) is 0 Å². The van der Waals surface area contributed by atoms with Gasteiger partial charge in [-0.25, -0.2) is 4.79 Å². The molecular formula is C20H25N3O2. The number of carbonyl (C=O) groups is 1. The van der Waals surface area contributed by atoms with Crippen LogP contribution in [-0.4, -0.2) is 48.1 Å². The minimum Gasteiger partial charge on any atom is -0.457 e. The summed E-state index contributed by atoms with van der Waals surface area (Å²) >= 11 is 0. The molecule has 0 atom stereocenters. The van der Waals surface area contributed by atoms with Gasteiger partial charge in [0.25, 0.3) is 0 Å². The van der Waals surface area contributed by atoms with Crippen molar-refractivity contribution in [1.82, 2.24) is 9.80 Å². The number of carbonyl (C=O) groups excluding carboxylic acids is 1. The van der Waals surface area contributed by atoms with Gasteiger partial charge in [0.15, 0.2) is 0 Å². The van der Waals surface area contributed by atoms with E-state index in [-0.39, 0.29) is 6.03 Å². The van der Waals surface area contributed by atoms with Crippen LogP contribution >= 0.6 is 0 Å². The highest BCUT2D eigenvalue weighted by Gasteiger charge is 2.22. The van der Waals surface area contributed by atoms with Crippen LogP contribution < -0.4 is 10.1 Å². The number of hydrogen-bond donors (Lipinski definition) is 1. The first-order valence-corrected chi connectivity index (χ1v) is 8.75. The molecule has 0 saturated carbocycles. The Morgan fingerprint density at radius 2 is 1.52 bits per heavy atom. The summed E-state index contributed by atoms with van der Waals surface area (Å²) in [5.74, 6) is 1.54. The minimum absolute atomic E-state index is 0.0415. The topological polar surface area (TPSA) is 44.8 Å². The Labute approximate surface area is 149 Å². The maximum absolute atomic E-state index is 12.4. The third-order valence-electron chi connectivity index (χ3n) is 4.42. The third-order valence-corrected chi connectivity index (χ3v) is 4.42. The highest BCUT2D eigenvalue weighted by molar-refractivity contribution is 5.89. The van der Waals surface area contributed by atoms with Crippen molar-refractivity contribution in [3.63, 3.8) is 0 Å². The molecule has 0 aromatic heterocycles. The van der Waals surface area contributed by atoms with E-state index in [2.05, 4.69) is 24.1 Å². The van der Waals surface area contributed by atoms with E-state index < -0.39 is 0 Å². The fraction of sp³-hybridized carbons (Fsp3) is 0.350. The Hall–Kier alpha value is -2.53. The number of nitrogens with one attached hydrogen (secondary N) is 1. The molecule has 0 radical (unpaired) electrons. The maximum Gasteiger partial charge on any atom is 0.321 e. The van der Waals surface area contributed by atoms with Crippen molar-refractivity contribution in [3.8, 4) is 11.5 Å². The Balaban J connectivity index is 1.52. The molecule has 2 amide bonds. The van der Waals surface area contributed by atoms with Crippen LogP contribution in [0.25, 0.3) is 0 Å². The molecule has 1 aliphatic rings. The van der Waals surface area contributed by atoms with Gasteiger partial charge >= 0.3 is 6.03 Å². The van der Waals surface area contributed by atoms with Gasteiger partial charge in [-0.15, -0.1) is 0 Å². The Morgan fingerprint density at radius 3 is 2.12 bits per heavy atom. The molecule has 0 aliphatic carbocycles. The largest absolute Gasteiger partial charge is 0.457 e. The molecule has 0 spiro atoms. The summed E-state index contributed by atoms with van der Waals surface area (Å²) in [5, 5.41) is 2.96. The van der Waals surface area contributed by atoms with E-state index in [1.54, 1.807) is 0 Å². The molecule has 1 heterocycles. The second-order valence-electron chi connectivity index (χ2n) is 6.49. The summed E-state index contributed by atoms with van der Waals surface area (Å²) in [5.41, 5.74) is 0.775. The predicted octanol–water partition coefficient (Wildman–Crippen LogP) is 4.04. The van der Waals surface area contributed by atoms with Gasteiger partial charge < -0.3 is 15.0 Å². The van der Waals surface area contributed by atoms with E-state index in [0.29, 0.717) is 6.04 Å². The number of para-hydroxylation sites is 1. The lowest BCUT2D eigenvalue weighted by molar-refractivity contribution is 0.125. The van der Waals surface area contributed by atoms with Crippen molar-refractivity contribution in [2.45, 2.75) is 19.9 Å². The normalized spacial score (nSPS) is 15.2. The number of piperazine rings is 1. The number of benzene rings is 2. The van der Waals surface area contributed by atoms with E-state index in [1.807, 2.05) is 59.5 Å². The lowest BCUT2D eigenvalue weighted by Gasteiger charge is -2.36. The number of urea groups is 1. The molecule has 1 aliphatic heterocycles. The zero-order valence-electron chi connectivity index (χ0n) is 14.8. The summed E-state index contributed by atoms with van der Waals surface area (Å²) in [6.07, 6.45) is 0. The molecule has 5 nitrogen and oxygen atoms in total. The van der Waals surface area contributed by atoms with Gasteiger partial charge in [-0.05, 0) is 50.2 Å². The Bertz CT molecular complexity index is 678. The van der Waals surface area contributed by atoms with E-state index in [0.717, 1.165) is 43.4 Å². The fourth-order valence-corrected chi connectivity index (χ4v) is 2.87. The zero-order chi connectivity index (χ0) is 17.6. The molecule has 1 N–H and O–H groups in total. The molecule has 2 aromatic rings. The van der Waals surface area contributed by atoms with Crippen LogP contribution in [0.15, 0.2) is 54.6 Å². The highest BCUT2D eigenvalue weighted by atomic mass is 16.5. The lowest BCUT2D eigenvalue weighted by Crippen LogP contribution is -2.51. The van der Waals surface area contributed by atoms with Crippen LogP contribution in [0.4, 0.5) is 10.5 Å². The number of amides is 2. The van der Waals surface area contributed by atoms with Crippen molar-refractivity contribution < 1.29 is 9.53 Å². The van der Waals surface area contributed by atoms with Gasteiger partial charge in [0, 0.05) is 37.9 Å². The van der Waals surface area contributed by atoms with Gasteiger partial charge in [0.2, 0.25) is 0 Å². The van der Waals surface area contributed by atoms with Crippen molar-refractivity contribution in [1.29, 1.82) is 0 Å². The molecule has 1 fully saturated rings. The van der Waals surface area contributed by atoms with E-state index >= 15 is 0 Å². The van der Waals surface area contributed by atoms with Gasteiger partial charge in [0.05, 0.1) is 0 Å². The van der Waals surface area contributed by atoms with Crippen molar-refractivity contribution in [2.75, 3.05) is 31.5 Å². The molecule has 5 heteroatoms.